The van der Waals surface area contributed by atoms with Crippen molar-refractivity contribution in [1.82, 2.24) is 10.2 Å². The summed E-state index contributed by atoms with van der Waals surface area (Å²) in [5, 5.41) is 2.78. The number of hydrogen-bond donors (Lipinski definition) is 2. The minimum absolute atomic E-state index is 0.00960. The molecule has 0 heterocycles. The highest BCUT2D eigenvalue weighted by atomic mass is 79.9. The van der Waals surface area contributed by atoms with E-state index in [0.717, 1.165) is 10.0 Å². The van der Waals surface area contributed by atoms with Crippen molar-refractivity contribution < 1.29 is 9.53 Å². The molecule has 1 aromatic rings. The quantitative estimate of drug-likeness (QED) is 0.583. The molecule has 1 amide bonds. The van der Waals surface area contributed by atoms with Crippen molar-refractivity contribution in [3.8, 4) is 0 Å². The summed E-state index contributed by atoms with van der Waals surface area (Å²) >= 11 is 3.36. The molecule has 0 aliphatic rings. The van der Waals surface area contributed by atoms with Crippen LogP contribution in [0.15, 0.2) is 22.7 Å². The third kappa shape index (κ3) is 6.04. The third-order valence-corrected chi connectivity index (χ3v) is 3.28. The Bertz CT molecular complexity index is 426. The summed E-state index contributed by atoms with van der Waals surface area (Å²) < 4.78 is 5.76. The molecule has 1 rings (SSSR count). The molecule has 6 heteroatoms. The molecule has 0 unspecified atom stereocenters. The van der Waals surface area contributed by atoms with Gasteiger partial charge in [0.2, 0.25) is 5.91 Å². The lowest BCUT2D eigenvalue weighted by Gasteiger charge is -2.16. The molecule has 5 nitrogen and oxygen atoms in total. The molecule has 0 fully saturated rings. The molecular formula is C13H20BrN3O2. The fourth-order valence-electron chi connectivity index (χ4n) is 1.65. The predicted octanol–water partition coefficient (Wildman–Crippen LogP) is 1.23. The molecule has 0 spiro atoms. The van der Waals surface area contributed by atoms with Gasteiger partial charge in [-0.25, -0.2) is 0 Å². The van der Waals surface area contributed by atoms with E-state index < -0.39 is 0 Å². The predicted molar refractivity (Wildman–Crippen MR) is 79.8 cm³/mol. The van der Waals surface area contributed by atoms with Crippen LogP contribution in [0.25, 0.3) is 0 Å². The lowest BCUT2D eigenvalue weighted by molar-refractivity contribution is -0.122. The zero-order valence-corrected chi connectivity index (χ0v) is 12.9. The zero-order valence-electron chi connectivity index (χ0n) is 11.3. The van der Waals surface area contributed by atoms with Gasteiger partial charge in [0.25, 0.3) is 0 Å². The van der Waals surface area contributed by atoms with Gasteiger partial charge in [-0.15, -0.1) is 0 Å². The van der Waals surface area contributed by atoms with Crippen molar-refractivity contribution in [3.05, 3.63) is 28.2 Å². The molecule has 0 bridgehead atoms. The Labute approximate surface area is 122 Å². The van der Waals surface area contributed by atoms with Gasteiger partial charge < -0.3 is 15.8 Å². The molecule has 0 saturated heterocycles. The molecule has 0 aromatic heterocycles. The Morgan fingerprint density at radius 2 is 2.26 bits per heavy atom. The van der Waals surface area contributed by atoms with Crippen LogP contribution in [-0.2, 0) is 16.1 Å². The highest BCUT2D eigenvalue weighted by Gasteiger charge is 2.07. The molecule has 0 aliphatic heterocycles. The molecular weight excluding hydrogens is 310 g/mol. The molecule has 106 valence electrons. The van der Waals surface area contributed by atoms with E-state index in [1.807, 2.05) is 30.1 Å². The summed E-state index contributed by atoms with van der Waals surface area (Å²) in [7, 11) is 3.50. The van der Waals surface area contributed by atoms with E-state index in [1.54, 1.807) is 7.11 Å². The zero-order chi connectivity index (χ0) is 14.3. The van der Waals surface area contributed by atoms with E-state index in [0.29, 0.717) is 31.9 Å². The number of methoxy groups -OCH3 is 1. The molecule has 0 saturated carbocycles. The maximum atomic E-state index is 11.6. The molecule has 0 aliphatic carbocycles. The average Bonchev–Trinajstić information content (AvgIpc) is 2.34. The number of rotatable bonds is 7. The van der Waals surface area contributed by atoms with Crippen LogP contribution in [0.2, 0.25) is 0 Å². The van der Waals surface area contributed by atoms with Crippen molar-refractivity contribution in [3.63, 3.8) is 0 Å². The van der Waals surface area contributed by atoms with Crippen molar-refractivity contribution in [1.29, 1.82) is 0 Å². The second kappa shape index (κ2) is 8.14. The number of carbonyl (C=O) groups is 1. The second-order valence-corrected chi connectivity index (χ2v) is 5.23. The van der Waals surface area contributed by atoms with Gasteiger partial charge in [-0.05, 0) is 40.7 Å². The number of nitrogen functional groups attached to an aromatic ring is 1. The first-order valence-electron chi connectivity index (χ1n) is 6.01. The first-order chi connectivity index (χ1) is 9.02. The van der Waals surface area contributed by atoms with Gasteiger partial charge in [0.05, 0.1) is 13.2 Å². The van der Waals surface area contributed by atoms with Crippen molar-refractivity contribution in [2.75, 3.05) is 39.6 Å². The molecule has 0 atom stereocenters. The number of ether oxygens (including phenoxy) is 1. The van der Waals surface area contributed by atoms with E-state index in [9.17, 15) is 4.79 Å². The van der Waals surface area contributed by atoms with Crippen LogP contribution in [0.5, 0.6) is 0 Å². The number of halogens is 1. The monoisotopic (exact) mass is 329 g/mol. The molecule has 19 heavy (non-hydrogen) atoms. The van der Waals surface area contributed by atoms with Crippen LogP contribution < -0.4 is 11.1 Å². The fourth-order valence-corrected chi connectivity index (χ4v) is 1.90. The smallest absolute Gasteiger partial charge is 0.234 e. The van der Waals surface area contributed by atoms with Crippen molar-refractivity contribution in [2.24, 2.45) is 0 Å². The standard InChI is InChI=1S/C13H20BrN3O2/c1-17(9-13(18)16-5-6-19-2)8-10-3-4-11(14)12(15)7-10/h3-4,7H,5-6,8-9,15H2,1-2H3,(H,16,18). The number of nitrogens with zero attached hydrogens (tertiary/aromatic N) is 1. The Morgan fingerprint density at radius 3 is 2.89 bits per heavy atom. The number of nitrogens with two attached hydrogens (primary N) is 1. The van der Waals surface area contributed by atoms with E-state index in [2.05, 4.69) is 21.2 Å². The SMILES string of the molecule is COCCNC(=O)CN(C)Cc1ccc(Br)c(N)c1. The number of carbonyl (C=O) groups excluding carboxylic acids is 1. The van der Waals surface area contributed by atoms with Crippen LogP contribution in [0.1, 0.15) is 5.56 Å². The van der Waals surface area contributed by atoms with E-state index >= 15 is 0 Å². The first kappa shape index (κ1) is 15.9. The molecule has 0 radical (unpaired) electrons. The summed E-state index contributed by atoms with van der Waals surface area (Å²) in [4.78, 5) is 13.5. The maximum absolute atomic E-state index is 11.6. The second-order valence-electron chi connectivity index (χ2n) is 4.37. The number of anilines is 1. The van der Waals surface area contributed by atoms with Crippen LogP contribution in [-0.4, -0.2) is 44.7 Å². The van der Waals surface area contributed by atoms with Crippen LogP contribution in [0.3, 0.4) is 0 Å². The van der Waals surface area contributed by atoms with Gasteiger partial charge in [0.15, 0.2) is 0 Å². The fraction of sp³-hybridized carbons (Fsp3) is 0.462. The largest absolute Gasteiger partial charge is 0.398 e. The molecule has 1 aromatic carbocycles. The Hall–Kier alpha value is -1.11. The Kier molecular flexibility index (Phi) is 6.83. The Morgan fingerprint density at radius 1 is 1.53 bits per heavy atom. The minimum atomic E-state index is -0.00960. The van der Waals surface area contributed by atoms with Gasteiger partial charge in [-0.1, -0.05) is 6.07 Å². The average molecular weight is 330 g/mol. The van der Waals surface area contributed by atoms with Gasteiger partial charge in [-0.2, -0.15) is 0 Å². The number of benzene rings is 1. The molecule has 3 N–H and O–H groups in total. The van der Waals surface area contributed by atoms with E-state index in [-0.39, 0.29) is 5.91 Å². The topological polar surface area (TPSA) is 67.6 Å². The number of hydrogen-bond acceptors (Lipinski definition) is 4. The summed E-state index contributed by atoms with van der Waals surface area (Å²) in [6.07, 6.45) is 0. The lowest BCUT2D eigenvalue weighted by Crippen LogP contribution is -2.36. The third-order valence-electron chi connectivity index (χ3n) is 2.55. The minimum Gasteiger partial charge on any atom is -0.398 e. The Balaban J connectivity index is 2.39. The van der Waals surface area contributed by atoms with Crippen LogP contribution in [0, 0.1) is 0 Å². The van der Waals surface area contributed by atoms with Crippen LogP contribution in [0.4, 0.5) is 5.69 Å². The number of nitrogens with one attached hydrogen (secondary N) is 1. The summed E-state index contributed by atoms with van der Waals surface area (Å²) in [5.74, 6) is -0.00960. The van der Waals surface area contributed by atoms with Gasteiger partial charge in [0, 0.05) is 30.4 Å². The van der Waals surface area contributed by atoms with Gasteiger partial charge in [-0.3, -0.25) is 9.69 Å². The number of likely N-dealkylation sites (N-methyl/N-ethyl adjacent to an activating group) is 1. The van der Waals surface area contributed by atoms with Crippen molar-refractivity contribution in [2.45, 2.75) is 6.54 Å². The van der Waals surface area contributed by atoms with Gasteiger partial charge >= 0.3 is 0 Å². The maximum Gasteiger partial charge on any atom is 0.234 e. The summed E-state index contributed by atoms with van der Waals surface area (Å²) in [6.45, 7) is 2.09. The van der Waals surface area contributed by atoms with E-state index in [1.165, 1.54) is 0 Å². The highest BCUT2D eigenvalue weighted by Crippen LogP contribution is 2.20. The number of amides is 1. The van der Waals surface area contributed by atoms with E-state index in [4.69, 9.17) is 10.5 Å². The normalized spacial score (nSPS) is 10.7. The lowest BCUT2D eigenvalue weighted by atomic mass is 10.2. The summed E-state index contributed by atoms with van der Waals surface area (Å²) in [6, 6.07) is 5.81. The van der Waals surface area contributed by atoms with Crippen molar-refractivity contribution >= 4 is 27.5 Å². The van der Waals surface area contributed by atoms with Gasteiger partial charge in [0.1, 0.15) is 0 Å². The van der Waals surface area contributed by atoms with Crippen LogP contribution >= 0.6 is 15.9 Å². The summed E-state index contributed by atoms with van der Waals surface area (Å²) in [5.41, 5.74) is 7.60. The first-order valence-corrected chi connectivity index (χ1v) is 6.80. The highest BCUT2D eigenvalue weighted by molar-refractivity contribution is 9.10.